The molecule has 1 aliphatic carbocycles. The molecule has 0 amide bonds. The summed E-state index contributed by atoms with van der Waals surface area (Å²) in [6.07, 6.45) is 1.06. The van der Waals surface area contributed by atoms with E-state index in [0.717, 1.165) is 0 Å². The lowest BCUT2D eigenvalue weighted by molar-refractivity contribution is -0.143. The van der Waals surface area contributed by atoms with Crippen molar-refractivity contribution in [1.29, 1.82) is 10.5 Å². The summed E-state index contributed by atoms with van der Waals surface area (Å²) < 4.78 is 51.9. The van der Waals surface area contributed by atoms with Crippen LogP contribution in [-0.2, 0) is 51.3 Å². The van der Waals surface area contributed by atoms with Crippen LogP contribution in [0.15, 0.2) is 141 Å². The van der Waals surface area contributed by atoms with Crippen LogP contribution in [0.5, 0.6) is 0 Å². The highest BCUT2D eigenvalue weighted by molar-refractivity contribution is 7.18. The van der Waals surface area contributed by atoms with Gasteiger partial charge < -0.3 is 30.4 Å². The quantitative estimate of drug-likeness (QED) is 0.0868. The van der Waals surface area contributed by atoms with Crippen molar-refractivity contribution in [3.8, 4) is 12.1 Å². The van der Waals surface area contributed by atoms with Crippen molar-refractivity contribution in [3.05, 3.63) is 186 Å². The fourth-order valence-corrected chi connectivity index (χ4v) is 11.2. The van der Waals surface area contributed by atoms with E-state index in [2.05, 4.69) is 12.1 Å². The lowest BCUT2D eigenvalue weighted by atomic mass is 9.79. The summed E-state index contributed by atoms with van der Waals surface area (Å²) in [5, 5.41) is 27.3. The van der Waals surface area contributed by atoms with Gasteiger partial charge in [-0.1, -0.05) is 48.5 Å². The number of allylic oxidation sites excluding steroid dienone is 2. The molecule has 2 unspecified atom stereocenters. The Morgan fingerprint density at radius 2 is 1.06 bits per heavy atom. The Morgan fingerprint density at radius 3 is 1.49 bits per heavy atom. The fourth-order valence-electron chi connectivity index (χ4n) is 9.10. The van der Waals surface area contributed by atoms with E-state index in [1.165, 1.54) is 95.4 Å². The molecule has 4 heterocycles. The number of esters is 4. The second-order valence-corrected chi connectivity index (χ2v) is 18.3. The number of thiophene rings is 2. The molecule has 0 saturated heterocycles. The number of methoxy groups -OCH3 is 2. The minimum absolute atomic E-state index is 0.0365. The smallest absolute Gasteiger partial charge is 0.339 e. The molecule has 352 valence electrons. The van der Waals surface area contributed by atoms with Crippen LogP contribution in [0, 0.1) is 40.2 Å². The average molecular weight is 979 g/mol. The third-order valence-corrected chi connectivity index (χ3v) is 14.6. The number of carbonyl (C=O) groups excluding carboxylic acids is 4. The summed E-state index contributed by atoms with van der Waals surface area (Å²) in [7, 11) is 2.36. The van der Waals surface area contributed by atoms with Crippen molar-refractivity contribution in [1.82, 2.24) is 10.0 Å². The third-order valence-electron chi connectivity index (χ3n) is 12.5. The van der Waals surface area contributed by atoms with E-state index in [-0.39, 0.29) is 58.5 Å². The molecule has 0 bridgehead atoms. The molecule has 2 aromatic heterocycles. The first kappa shape index (κ1) is 46.8. The van der Waals surface area contributed by atoms with Gasteiger partial charge in [0.1, 0.15) is 48.6 Å². The molecule has 70 heavy (non-hydrogen) atoms. The number of rotatable bonds is 12. The number of hydrogen-bond donors (Lipinski definition) is 2. The molecule has 18 heteroatoms. The van der Waals surface area contributed by atoms with Crippen LogP contribution >= 0.6 is 22.7 Å². The lowest BCUT2D eigenvalue weighted by Crippen LogP contribution is -2.52. The van der Waals surface area contributed by atoms with Crippen LogP contribution < -0.4 is 11.5 Å². The molecule has 2 atom stereocenters. The van der Waals surface area contributed by atoms with E-state index in [4.69, 9.17) is 30.4 Å². The summed E-state index contributed by atoms with van der Waals surface area (Å²) in [5.74, 6) is -8.37. The summed E-state index contributed by atoms with van der Waals surface area (Å²) >= 11 is 2.45. The third kappa shape index (κ3) is 8.16. The van der Waals surface area contributed by atoms with E-state index >= 15 is 4.79 Å². The Labute approximate surface area is 407 Å². The molecular formula is C52H40F2N6O8S2. The highest BCUT2D eigenvalue weighted by Gasteiger charge is 2.52. The minimum atomic E-state index is -1.30. The zero-order chi connectivity index (χ0) is 49.5. The summed E-state index contributed by atoms with van der Waals surface area (Å²) in [5.41, 5.74) is 16.7. The van der Waals surface area contributed by atoms with Gasteiger partial charge in [-0.25, -0.2) is 38.0 Å². The van der Waals surface area contributed by atoms with Gasteiger partial charge in [0.05, 0.1) is 80.3 Å². The van der Waals surface area contributed by atoms with Crippen LogP contribution in [0.3, 0.4) is 0 Å². The Balaban J connectivity index is 1.31. The number of fused-ring (bicyclic) bond motifs is 2. The number of nitrogens with two attached hydrogens (primary N) is 2. The highest BCUT2D eigenvalue weighted by Crippen LogP contribution is 2.55. The molecular weight excluding hydrogens is 939 g/mol. The number of benzene rings is 4. The summed E-state index contributed by atoms with van der Waals surface area (Å²) in [4.78, 5) is 59.2. The fraction of sp³-hybridized carbons (Fsp3) is 0.192. The first-order valence-corrected chi connectivity index (χ1v) is 23.4. The predicted molar refractivity (Wildman–Crippen MR) is 254 cm³/mol. The number of hydrogen-bond acceptors (Lipinski definition) is 16. The second kappa shape index (κ2) is 19.0. The standard InChI is InChI=1S/C52H40F2N6O8S2/c1-26-38(49(61)65-2)39(36-24-69-45-30(20-55)6-4-8-34(36)45)42(51(63)67-22-27-10-16-32(53)17-11-27)47(57)59(26)60-44(29-14-15-29)41(50(62)66-3)40(37-25-70-46-31(21-56)7-5-9-35(37)46)43(48(60)58)52(64)68-23-28-12-18-33(54)19-13-28/h4-13,16-19,24-25,29,39-40H,14-15,22-23,57-58H2,1-3H3. The SMILES string of the molecule is COC(=O)C1=C(C)N(N2C(N)=C(C(=O)OCc3ccc(F)cc3)C(c3csc4c(C#N)cccc34)C(C(=O)OC)=C2C2CC2)C(N)=C(C(=O)OCc2ccc(F)cc2)C1c1csc2c(C#N)cccc12. The van der Waals surface area contributed by atoms with E-state index in [1.54, 1.807) is 54.1 Å². The van der Waals surface area contributed by atoms with Gasteiger partial charge in [0.15, 0.2) is 0 Å². The van der Waals surface area contributed by atoms with Crippen molar-refractivity contribution < 1.29 is 46.9 Å². The maximum absolute atomic E-state index is 15.0. The summed E-state index contributed by atoms with van der Waals surface area (Å²) in [6, 6.07) is 25.2. The number of hydrazine groups is 1. The van der Waals surface area contributed by atoms with Gasteiger partial charge in [-0.15, -0.1) is 22.7 Å². The van der Waals surface area contributed by atoms with Crippen molar-refractivity contribution in [2.24, 2.45) is 17.4 Å². The number of ether oxygens (including phenoxy) is 4. The van der Waals surface area contributed by atoms with Gasteiger partial charge in [0, 0.05) is 5.92 Å². The molecule has 3 aliphatic rings. The maximum atomic E-state index is 15.0. The molecule has 6 aromatic rings. The average Bonchev–Trinajstić information content (AvgIpc) is 3.97. The molecule has 9 rings (SSSR count). The largest absolute Gasteiger partial charge is 0.466 e. The normalized spacial score (nSPS) is 17.2. The molecule has 1 fully saturated rings. The Kier molecular flexibility index (Phi) is 12.7. The number of halogens is 2. The number of carbonyl (C=O) groups is 4. The van der Waals surface area contributed by atoms with Crippen LogP contribution in [0.2, 0.25) is 0 Å². The monoisotopic (exact) mass is 978 g/mol. The molecule has 4 N–H and O–H groups in total. The van der Waals surface area contributed by atoms with Crippen molar-refractivity contribution in [2.45, 2.75) is 44.8 Å². The van der Waals surface area contributed by atoms with Gasteiger partial charge in [-0.3, -0.25) is 0 Å². The number of nitrogens with zero attached hydrogens (tertiary/aromatic N) is 4. The van der Waals surface area contributed by atoms with Crippen LogP contribution in [0.4, 0.5) is 8.78 Å². The van der Waals surface area contributed by atoms with Crippen LogP contribution in [0.1, 0.15) is 65.0 Å². The minimum Gasteiger partial charge on any atom is -0.466 e. The van der Waals surface area contributed by atoms with Crippen LogP contribution in [-0.4, -0.2) is 48.1 Å². The lowest BCUT2D eigenvalue weighted by Gasteiger charge is -2.47. The van der Waals surface area contributed by atoms with Gasteiger partial charge in [-0.2, -0.15) is 10.5 Å². The summed E-state index contributed by atoms with van der Waals surface area (Å²) in [6.45, 7) is 0.858. The predicted octanol–water partition coefficient (Wildman–Crippen LogP) is 8.66. The first-order valence-electron chi connectivity index (χ1n) is 21.7. The molecule has 1 saturated carbocycles. The van der Waals surface area contributed by atoms with Gasteiger partial charge >= 0.3 is 23.9 Å². The zero-order valence-electron chi connectivity index (χ0n) is 37.6. The van der Waals surface area contributed by atoms with Crippen LogP contribution in [0.25, 0.3) is 20.2 Å². The molecule has 4 aromatic carbocycles. The molecule has 0 radical (unpaired) electrons. The van der Waals surface area contributed by atoms with E-state index in [0.29, 0.717) is 66.4 Å². The maximum Gasteiger partial charge on any atom is 0.339 e. The number of nitriles is 2. The molecule has 2 aliphatic heterocycles. The zero-order valence-corrected chi connectivity index (χ0v) is 39.2. The topological polar surface area (TPSA) is 211 Å². The Bertz CT molecular complexity index is 3390. The Morgan fingerprint density at radius 1 is 0.629 bits per heavy atom. The molecule has 0 spiro atoms. The van der Waals surface area contributed by atoms with Gasteiger partial charge in [-0.05, 0) is 99.9 Å². The van der Waals surface area contributed by atoms with Crippen molar-refractivity contribution in [2.75, 3.05) is 14.2 Å². The van der Waals surface area contributed by atoms with E-state index in [9.17, 15) is 33.7 Å². The molecule has 14 nitrogen and oxygen atoms in total. The van der Waals surface area contributed by atoms with Gasteiger partial charge in [0.25, 0.3) is 0 Å². The van der Waals surface area contributed by atoms with E-state index < -0.39 is 53.3 Å². The van der Waals surface area contributed by atoms with Crippen molar-refractivity contribution >= 4 is 66.7 Å². The van der Waals surface area contributed by atoms with E-state index in [1.807, 2.05) is 0 Å². The first-order chi connectivity index (χ1) is 33.8. The van der Waals surface area contributed by atoms with Crippen molar-refractivity contribution in [3.63, 3.8) is 0 Å². The Hall–Kier alpha value is -8.32. The van der Waals surface area contributed by atoms with Gasteiger partial charge in [0.2, 0.25) is 0 Å². The second-order valence-electron chi connectivity index (χ2n) is 16.5. The highest BCUT2D eigenvalue weighted by atomic mass is 32.1.